The average molecular weight is 260 g/mol. The SMILES string of the molecule is COc1cc(C#N)ccc1CNC1(CO)CCCC1. The number of hydrogen-bond acceptors (Lipinski definition) is 4. The van der Waals surface area contributed by atoms with Crippen molar-refractivity contribution >= 4 is 0 Å². The molecule has 2 rings (SSSR count). The normalized spacial score (nSPS) is 17.1. The van der Waals surface area contributed by atoms with Crippen molar-refractivity contribution in [2.75, 3.05) is 13.7 Å². The van der Waals surface area contributed by atoms with E-state index in [9.17, 15) is 5.11 Å². The van der Waals surface area contributed by atoms with Crippen molar-refractivity contribution in [3.8, 4) is 11.8 Å². The molecule has 1 aliphatic rings. The number of methoxy groups -OCH3 is 1. The van der Waals surface area contributed by atoms with Crippen molar-refractivity contribution in [1.82, 2.24) is 5.32 Å². The highest BCUT2D eigenvalue weighted by Crippen LogP contribution is 2.30. The summed E-state index contributed by atoms with van der Waals surface area (Å²) in [6.45, 7) is 0.820. The first-order valence-corrected chi connectivity index (χ1v) is 6.66. The van der Waals surface area contributed by atoms with E-state index in [0.717, 1.165) is 37.0 Å². The average Bonchev–Trinajstić information content (AvgIpc) is 2.94. The van der Waals surface area contributed by atoms with Gasteiger partial charge in [-0.1, -0.05) is 18.9 Å². The topological polar surface area (TPSA) is 65.3 Å². The standard InChI is InChI=1S/C15H20N2O2/c1-19-14-8-12(9-16)4-5-13(14)10-17-15(11-18)6-2-3-7-15/h4-5,8,17-18H,2-3,6-7,10-11H2,1H3. The summed E-state index contributed by atoms with van der Waals surface area (Å²) in [7, 11) is 1.61. The number of benzene rings is 1. The minimum Gasteiger partial charge on any atom is -0.496 e. The maximum absolute atomic E-state index is 9.57. The third kappa shape index (κ3) is 3.06. The summed E-state index contributed by atoms with van der Waals surface area (Å²) in [5.41, 5.74) is 1.47. The van der Waals surface area contributed by atoms with Crippen LogP contribution >= 0.6 is 0 Å². The van der Waals surface area contributed by atoms with Gasteiger partial charge in [-0.3, -0.25) is 0 Å². The van der Waals surface area contributed by atoms with Gasteiger partial charge in [-0.25, -0.2) is 0 Å². The lowest BCUT2D eigenvalue weighted by molar-refractivity contribution is 0.162. The molecule has 0 unspecified atom stereocenters. The van der Waals surface area contributed by atoms with E-state index >= 15 is 0 Å². The van der Waals surface area contributed by atoms with E-state index in [1.54, 1.807) is 19.2 Å². The van der Waals surface area contributed by atoms with E-state index in [4.69, 9.17) is 10.00 Å². The summed E-state index contributed by atoms with van der Waals surface area (Å²) < 4.78 is 5.32. The molecule has 0 aromatic heterocycles. The van der Waals surface area contributed by atoms with Crippen molar-refractivity contribution in [2.24, 2.45) is 0 Å². The Hall–Kier alpha value is -1.57. The molecule has 0 saturated heterocycles. The number of rotatable bonds is 5. The summed E-state index contributed by atoms with van der Waals surface area (Å²) in [6.07, 6.45) is 4.36. The first-order valence-electron chi connectivity index (χ1n) is 6.66. The molecule has 0 atom stereocenters. The molecular weight excluding hydrogens is 240 g/mol. The van der Waals surface area contributed by atoms with Gasteiger partial charge in [-0.2, -0.15) is 5.26 Å². The quantitative estimate of drug-likeness (QED) is 0.849. The van der Waals surface area contributed by atoms with E-state index < -0.39 is 0 Å². The Balaban J connectivity index is 2.09. The van der Waals surface area contributed by atoms with Gasteiger partial charge in [0, 0.05) is 17.6 Å². The molecule has 0 spiro atoms. The molecule has 0 aliphatic heterocycles. The van der Waals surface area contributed by atoms with Crippen LogP contribution in [0.1, 0.15) is 36.8 Å². The Bertz CT molecular complexity index is 474. The van der Waals surface area contributed by atoms with Crippen molar-refractivity contribution < 1.29 is 9.84 Å². The van der Waals surface area contributed by atoms with Crippen LogP contribution in [0.5, 0.6) is 5.75 Å². The molecule has 19 heavy (non-hydrogen) atoms. The van der Waals surface area contributed by atoms with Crippen LogP contribution in [-0.4, -0.2) is 24.4 Å². The van der Waals surface area contributed by atoms with Gasteiger partial charge >= 0.3 is 0 Å². The number of ether oxygens (including phenoxy) is 1. The third-order valence-corrected chi connectivity index (χ3v) is 3.93. The molecule has 1 saturated carbocycles. The highest BCUT2D eigenvalue weighted by atomic mass is 16.5. The minimum atomic E-state index is -0.140. The second kappa shape index (κ2) is 6.05. The molecule has 2 N–H and O–H groups in total. The Morgan fingerprint density at radius 3 is 2.74 bits per heavy atom. The zero-order valence-electron chi connectivity index (χ0n) is 11.3. The molecule has 0 amide bonds. The van der Waals surface area contributed by atoms with Crippen LogP contribution in [0.3, 0.4) is 0 Å². The van der Waals surface area contributed by atoms with Crippen molar-refractivity contribution in [1.29, 1.82) is 5.26 Å². The molecule has 0 radical (unpaired) electrons. The molecule has 4 nitrogen and oxygen atoms in total. The van der Waals surface area contributed by atoms with E-state index in [0.29, 0.717) is 12.1 Å². The molecule has 4 heteroatoms. The summed E-state index contributed by atoms with van der Waals surface area (Å²) >= 11 is 0. The van der Waals surface area contributed by atoms with Gasteiger partial charge in [0.15, 0.2) is 0 Å². The van der Waals surface area contributed by atoms with Gasteiger partial charge in [-0.05, 0) is 25.0 Å². The summed E-state index contributed by atoms with van der Waals surface area (Å²) in [5.74, 6) is 0.720. The largest absolute Gasteiger partial charge is 0.496 e. The maximum atomic E-state index is 9.57. The lowest BCUT2D eigenvalue weighted by atomic mass is 9.98. The van der Waals surface area contributed by atoms with Crippen LogP contribution in [-0.2, 0) is 6.54 Å². The molecule has 102 valence electrons. The fourth-order valence-corrected chi connectivity index (χ4v) is 2.69. The van der Waals surface area contributed by atoms with Crippen molar-refractivity contribution in [2.45, 2.75) is 37.8 Å². The number of nitrogens with zero attached hydrogens (tertiary/aromatic N) is 1. The Kier molecular flexibility index (Phi) is 4.41. The van der Waals surface area contributed by atoms with Gasteiger partial charge in [0.05, 0.1) is 25.3 Å². The van der Waals surface area contributed by atoms with Gasteiger partial charge in [-0.15, -0.1) is 0 Å². The minimum absolute atomic E-state index is 0.140. The monoisotopic (exact) mass is 260 g/mol. The van der Waals surface area contributed by atoms with E-state index in [-0.39, 0.29) is 12.1 Å². The van der Waals surface area contributed by atoms with Gasteiger partial charge < -0.3 is 15.2 Å². The molecule has 1 aromatic rings. The Morgan fingerprint density at radius 1 is 1.42 bits per heavy atom. The predicted octanol–water partition coefficient (Wildman–Crippen LogP) is 1.96. The Labute approximate surface area is 114 Å². The smallest absolute Gasteiger partial charge is 0.124 e. The maximum Gasteiger partial charge on any atom is 0.124 e. The number of nitriles is 1. The molecule has 1 aromatic carbocycles. The van der Waals surface area contributed by atoms with Gasteiger partial charge in [0.1, 0.15) is 5.75 Å². The predicted molar refractivity (Wildman–Crippen MR) is 72.8 cm³/mol. The van der Waals surface area contributed by atoms with Crippen molar-refractivity contribution in [3.63, 3.8) is 0 Å². The van der Waals surface area contributed by atoms with Crippen LogP contribution in [0.2, 0.25) is 0 Å². The summed E-state index contributed by atoms with van der Waals surface area (Å²) in [5, 5.41) is 21.9. The van der Waals surface area contributed by atoms with Crippen LogP contribution in [0.4, 0.5) is 0 Å². The third-order valence-electron chi connectivity index (χ3n) is 3.93. The zero-order chi connectivity index (χ0) is 13.7. The second-order valence-electron chi connectivity index (χ2n) is 5.14. The number of nitrogens with one attached hydrogen (secondary N) is 1. The lowest BCUT2D eigenvalue weighted by Crippen LogP contribution is -2.45. The molecule has 0 bridgehead atoms. The lowest BCUT2D eigenvalue weighted by Gasteiger charge is -2.28. The summed E-state index contributed by atoms with van der Waals surface area (Å²) in [6, 6.07) is 7.55. The first kappa shape index (κ1) is 13.9. The summed E-state index contributed by atoms with van der Waals surface area (Å²) in [4.78, 5) is 0. The van der Waals surface area contributed by atoms with E-state index in [1.165, 1.54) is 0 Å². The number of aliphatic hydroxyl groups is 1. The first-order chi connectivity index (χ1) is 9.23. The molecular formula is C15H20N2O2. The zero-order valence-corrected chi connectivity index (χ0v) is 11.3. The van der Waals surface area contributed by atoms with Crippen LogP contribution < -0.4 is 10.1 Å². The van der Waals surface area contributed by atoms with Crippen LogP contribution in [0.25, 0.3) is 0 Å². The van der Waals surface area contributed by atoms with Crippen molar-refractivity contribution in [3.05, 3.63) is 29.3 Å². The highest BCUT2D eigenvalue weighted by Gasteiger charge is 2.32. The Morgan fingerprint density at radius 2 is 2.16 bits per heavy atom. The van der Waals surface area contributed by atoms with Gasteiger partial charge in [0.2, 0.25) is 0 Å². The fraction of sp³-hybridized carbons (Fsp3) is 0.533. The fourth-order valence-electron chi connectivity index (χ4n) is 2.69. The van der Waals surface area contributed by atoms with E-state index in [2.05, 4.69) is 11.4 Å². The molecule has 1 aliphatic carbocycles. The van der Waals surface area contributed by atoms with Crippen LogP contribution in [0.15, 0.2) is 18.2 Å². The van der Waals surface area contributed by atoms with Gasteiger partial charge in [0.25, 0.3) is 0 Å². The molecule has 0 heterocycles. The second-order valence-corrected chi connectivity index (χ2v) is 5.14. The number of hydrogen-bond donors (Lipinski definition) is 2. The van der Waals surface area contributed by atoms with Crippen LogP contribution in [0, 0.1) is 11.3 Å². The van der Waals surface area contributed by atoms with E-state index in [1.807, 2.05) is 6.07 Å². The number of aliphatic hydroxyl groups excluding tert-OH is 1. The highest BCUT2D eigenvalue weighted by molar-refractivity contribution is 5.42. The molecule has 1 fully saturated rings.